The molecule has 1 aliphatic heterocycles. The van der Waals surface area contributed by atoms with Crippen molar-refractivity contribution in [2.45, 2.75) is 20.8 Å². The summed E-state index contributed by atoms with van der Waals surface area (Å²) in [6.45, 7) is 5.29. The zero-order valence-electron chi connectivity index (χ0n) is 19.1. The Bertz CT molecular complexity index is 1190. The van der Waals surface area contributed by atoms with Crippen LogP contribution in [0.3, 0.4) is 0 Å². The number of carbonyl (C=O) groups excluding carboxylic acids is 4. The van der Waals surface area contributed by atoms with E-state index in [2.05, 4.69) is 21.2 Å². The van der Waals surface area contributed by atoms with Gasteiger partial charge in [-0.25, -0.2) is 14.5 Å². The molecule has 0 bridgehead atoms. The van der Waals surface area contributed by atoms with Crippen LogP contribution < -0.4 is 19.7 Å². The summed E-state index contributed by atoms with van der Waals surface area (Å²) in [7, 11) is 1.41. The second-order valence-electron chi connectivity index (χ2n) is 7.43. The van der Waals surface area contributed by atoms with Gasteiger partial charge in [0.15, 0.2) is 18.1 Å². The number of urea groups is 1. The third-order valence-corrected chi connectivity index (χ3v) is 5.36. The molecule has 1 N–H and O–H groups in total. The molecular formula is C24H23BrN2O7. The highest BCUT2D eigenvalue weighted by molar-refractivity contribution is 9.10. The van der Waals surface area contributed by atoms with Crippen LogP contribution in [0.25, 0.3) is 6.08 Å². The maximum atomic E-state index is 13.2. The van der Waals surface area contributed by atoms with E-state index in [4.69, 9.17) is 14.2 Å². The summed E-state index contributed by atoms with van der Waals surface area (Å²) in [5.74, 6) is -1.59. The molecule has 3 rings (SSSR count). The van der Waals surface area contributed by atoms with E-state index in [1.54, 1.807) is 25.1 Å². The summed E-state index contributed by atoms with van der Waals surface area (Å²) < 4.78 is 16.1. The number of nitrogens with zero attached hydrogens (tertiary/aromatic N) is 1. The number of barbiturate groups is 1. The average Bonchev–Trinajstić information content (AvgIpc) is 2.75. The third kappa shape index (κ3) is 5.45. The quantitative estimate of drug-likeness (QED) is 0.330. The Morgan fingerprint density at radius 3 is 2.38 bits per heavy atom. The number of rotatable bonds is 7. The van der Waals surface area contributed by atoms with E-state index < -0.39 is 23.8 Å². The molecule has 34 heavy (non-hydrogen) atoms. The number of anilines is 1. The summed E-state index contributed by atoms with van der Waals surface area (Å²) in [5.41, 5.74) is 2.29. The van der Waals surface area contributed by atoms with Crippen molar-refractivity contribution >= 4 is 51.5 Å². The van der Waals surface area contributed by atoms with E-state index in [1.807, 2.05) is 19.9 Å². The number of halogens is 1. The number of methoxy groups -OCH3 is 1. The molecule has 0 saturated carbocycles. The van der Waals surface area contributed by atoms with Gasteiger partial charge in [0, 0.05) is 0 Å². The molecule has 0 aromatic heterocycles. The molecule has 2 aromatic rings. The second kappa shape index (κ2) is 10.5. The van der Waals surface area contributed by atoms with E-state index in [0.29, 0.717) is 15.7 Å². The normalized spacial score (nSPS) is 14.8. The minimum atomic E-state index is -0.821. The fraction of sp³-hybridized carbons (Fsp3) is 0.250. The topological polar surface area (TPSA) is 111 Å². The Hall–Kier alpha value is -3.66. The SMILES string of the molecule is CCOC(=O)COc1c(Br)cc(/C=C2\C(=O)NC(=O)N(c3cc(C)cc(C)c3)C2=O)cc1OC. The van der Waals surface area contributed by atoms with Crippen LogP contribution in [0.15, 0.2) is 40.4 Å². The minimum Gasteiger partial charge on any atom is -0.493 e. The number of aryl methyl sites for hydroxylation is 2. The Balaban J connectivity index is 1.96. The standard InChI is InChI=1S/C24H23BrN2O7/c1-5-33-20(28)12-34-21-18(25)10-15(11-19(21)32-4)9-17-22(29)26-24(31)27(23(17)30)16-7-13(2)6-14(3)8-16/h6-11H,5,12H2,1-4H3,(H,26,29,31)/b17-9+. The number of amides is 4. The fourth-order valence-corrected chi connectivity index (χ4v) is 4.01. The van der Waals surface area contributed by atoms with Crippen LogP contribution in [0, 0.1) is 13.8 Å². The van der Waals surface area contributed by atoms with Gasteiger partial charge in [0.05, 0.1) is 23.9 Å². The van der Waals surface area contributed by atoms with Crippen molar-refractivity contribution < 1.29 is 33.4 Å². The molecule has 9 nitrogen and oxygen atoms in total. The van der Waals surface area contributed by atoms with Gasteiger partial charge in [-0.2, -0.15) is 0 Å². The predicted octanol–water partition coefficient (Wildman–Crippen LogP) is 3.68. The van der Waals surface area contributed by atoms with E-state index in [1.165, 1.54) is 19.3 Å². The molecular weight excluding hydrogens is 508 g/mol. The summed E-state index contributed by atoms with van der Waals surface area (Å²) in [4.78, 5) is 50.7. The first kappa shape index (κ1) is 25.0. The van der Waals surface area contributed by atoms with E-state index in [-0.39, 0.29) is 30.3 Å². The van der Waals surface area contributed by atoms with Gasteiger partial charge in [-0.1, -0.05) is 6.07 Å². The molecule has 0 aliphatic carbocycles. The number of hydrogen-bond donors (Lipinski definition) is 1. The monoisotopic (exact) mass is 530 g/mol. The van der Waals surface area contributed by atoms with Gasteiger partial charge in [-0.15, -0.1) is 0 Å². The lowest BCUT2D eigenvalue weighted by molar-refractivity contribution is -0.145. The van der Waals surface area contributed by atoms with Crippen molar-refractivity contribution in [3.8, 4) is 11.5 Å². The highest BCUT2D eigenvalue weighted by atomic mass is 79.9. The molecule has 0 atom stereocenters. The number of benzene rings is 2. The van der Waals surface area contributed by atoms with Crippen LogP contribution in [0.2, 0.25) is 0 Å². The third-order valence-electron chi connectivity index (χ3n) is 4.77. The van der Waals surface area contributed by atoms with Crippen LogP contribution >= 0.6 is 15.9 Å². The predicted molar refractivity (Wildman–Crippen MR) is 128 cm³/mol. The first-order valence-corrected chi connectivity index (χ1v) is 11.1. The van der Waals surface area contributed by atoms with E-state index in [0.717, 1.165) is 16.0 Å². The number of esters is 1. The molecule has 0 unspecified atom stereocenters. The van der Waals surface area contributed by atoms with Crippen LogP contribution in [0.5, 0.6) is 11.5 Å². The van der Waals surface area contributed by atoms with Gasteiger partial charge in [0.25, 0.3) is 11.8 Å². The summed E-state index contributed by atoms with van der Waals surface area (Å²) in [6.07, 6.45) is 1.35. The van der Waals surface area contributed by atoms with Gasteiger partial charge in [0.2, 0.25) is 0 Å². The lowest BCUT2D eigenvalue weighted by Gasteiger charge is -2.27. The number of carbonyl (C=O) groups is 4. The minimum absolute atomic E-state index is 0.227. The average molecular weight is 531 g/mol. The van der Waals surface area contributed by atoms with Gasteiger partial charge in [-0.3, -0.25) is 14.9 Å². The number of ether oxygens (including phenoxy) is 3. The molecule has 178 valence electrons. The lowest BCUT2D eigenvalue weighted by atomic mass is 10.0. The zero-order chi connectivity index (χ0) is 25.0. The summed E-state index contributed by atoms with van der Waals surface area (Å²) >= 11 is 3.36. The first-order chi connectivity index (χ1) is 16.1. The van der Waals surface area contributed by atoms with Crippen LogP contribution in [-0.2, 0) is 19.1 Å². The van der Waals surface area contributed by atoms with Crippen LogP contribution in [0.4, 0.5) is 10.5 Å². The van der Waals surface area contributed by atoms with Crippen molar-refractivity contribution in [3.05, 3.63) is 57.1 Å². The highest BCUT2D eigenvalue weighted by Gasteiger charge is 2.37. The molecule has 10 heteroatoms. The smallest absolute Gasteiger partial charge is 0.344 e. The Morgan fingerprint density at radius 2 is 1.76 bits per heavy atom. The van der Waals surface area contributed by atoms with E-state index in [9.17, 15) is 19.2 Å². The Morgan fingerprint density at radius 1 is 1.09 bits per heavy atom. The fourth-order valence-electron chi connectivity index (χ4n) is 3.44. The molecule has 1 heterocycles. The lowest BCUT2D eigenvalue weighted by Crippen LogP contribution is -2.54. The molecule has 2 aromatic carbocycles. The Labute approximate surface area is 204 Å². The highest BCUT2D eigenvalue weighted by Crippen LogP contribution is 2.37. The van der Waals surface area contributed by atoms with Gasteiger partial charge in [-0.05, 0) is 83.7 Å². The number of imide groups is 2. The molecule has 1 fully saturated rings. The van der Waals surface area contributed by atoms with Crippen molar-refractivity contribution in [3.63, 3.8) is 0 Å². The molecule has 1 aliphatic rings. The number of nitrogens with one attached hydrogen (secondary N) is 1. The molecule has 0 spiro atoms. The van der Waals surface area contributed by atoms with Gasteiger partial charge < -0.3 is 14.2 Å². The van der Waals surface area contributed by atoms with Gasteiger partial charge in [0.1, 0.15) is 5.57 Å². The maximum absolute atomic E-state index is 13.2. The van der Waals surface area contributed by atoms with Crippen LogP contribution in [-0.4, -0.2) is 44.1 Å². The Kier molecular flexibility index (Phi) is 7.72. The summed E-state index contributed by atoms with van der Waals surface area (Å²) in [5, 5.41) is 2.21. The molecule has 0 radical (unpaired) electrons. The molecule has 4 amide bonds. The largest absolute Gasteiger partial charge is 0.493 e. The van der Waals surface area contributed by atoms with E-state index >= 15 is 0 Å². The van der Waals surface area contributed by atoms with Crippen molar-refractivity contribution in [2.75, 3.05) is 25.2 Å². The second-order valence-corrected chi connectivity index (χ2v) is 8.29. The maximum Gasteiger partial charge on any atom is 0.344 e. The van der Waals surface area contributed by atoms with Crippen LogP contribution in [0.1, 0.15) is 23.6 Å². The zero-order valence-corrected chi connectivity index (χ0v) is 20.6. The number of hydrogen-bond acceptors (Lipinski definition) is 7. The van der Waals surface area contributed by atoms with Gasteiger partial charge >= 0.3 is 12.0 Å². The molecule has 1 saturated heterocycles. The van der Waals surface area contributed by atoms with Crippen molar-refractivity contribution in [1.82, 2.24) is 5.32 Å². The first-order valence-electron chi connectivity index (χ1n) is 10.3. The van der Waals surface area contributed by atoms with Crippen molar-refractivity contribution in [1.29, 1.82) is 0 Å². The summed E-state index contributed by atoms with van der Waals surface area (Å²) in [6, 6.07) is 7.59. The van der Waals surface area contributed by atoms with Crippen molar-refractivity contribution in [2.24, 2.45) is 0 Å².